The number of aliphatic hydroxyl groups is 1. The van der Waals surface area contributed by atoms with E-state index >= 15 is 0 Å². The maximum absolute atomic E-state index is 13.0. The average molecular weight is 332 g/mol. The second-order valence-electron chi connectivity index (χ2n) is 5.78. The first kappa shape index (κ1) is 15.4. The summed E-state index contributed by atoms with van der Waals surface area (Å²) in [5, 5.41) is 11.7. The Morgan fingerprint density at radius 2 is 1.72 bits per heavy atom. The van der Waals surface area contributed by atoms with Gasteiger partial charge in [0, 0.05) is 23.0 Å². The topological polar surface area (TPSA) is 62.7 Å². The molecule has 1 N–H and O–H groups in total. The maximum atomic E-state index is 13.0. The van der Waals surface area contributed by atoms with Crippen LogP contribution in [-0.2, 0) is 5.72 Å². The standard InChI is InChI=1S/C20H16N2O3/c1-25-16-11-9-15(10-12-16)22-19(23)18-17(8-5-13-21-18)20(22,24)14-6-3-2-4-7-14/h2-13,24H,1H3/t20-/m0/s1. The van der Waals surface area contributed by atoms with Crippen LogP contribution in [0.5, 0.6) is 5.75 Å². The molecule has 2 aromatic carbocycles. The van der Waals surface area contributed by atoms with Crippen molar-refractivity contribution < 1.29 is 14.6 Å². The van der Waals surface area contributed by atoms with Gasteiger partial charge in [0.15, 0.2) is 5.72 Å². The van der Waals surface area contributed by atoms with Crippen LogP contribution in [0.15, 0.2) is 72.9 Å². The molecule has 25 heavy (non-hydrogen) atoms. The van der Waals surface area contributed by atoms with Crippen LogP contribution < -0.4 is 9.64 Å². The van der Waals surface area contributed by atoms with E-state index in [0.717, 1.165) is 0 Å². The van der Waals surface area contributed by atoms with Gasteiger partial charge in [-0.2, -0.15) is 0 Å². The molecule has 0 unspecified atom stereocenters. The van der Waals surface area contributed by atoms with Crippen molar-refractivity contribution in [2.45, 2.75) is 5.72 Å². The Kier molecular flexibility index (Phi) is 3.51. The molecule has 0 spiro atoms. The number of aromatic nitrogens is 1. The molecule has 0 bridgehead atoms. The number of carbonyl (C=O) groups excluding carboxylic acids is 1. The summed E-state index contributed by atoms with van der Waals surface area (Å²) in [6.07, 6.45) is 1.56. The van der Waals surface area contributed by atoms with E-state index in [1.165, 1.54) is 4.90 Å². The minimum atomic E-state index is -1.61. The van der Waals surface area contributed by atoms with Gasteiger partial charge in [-0.25, -0.2) is 0 Å². The van der Waals surface area contributed by atoms with Crippen molar-refractivity contribution in [1.29, 1.82) is 0 Å². The Morgan fingerprint density at radius 1 is 1.00 bits per heavy atom. The SMILES string of the molecule is COc1ccc(N2C(=O)c3ncccc3[C@@]2(O)c2ccccc2)cc1. The zero-order chi connectivity index (χ0) is 17.4. The fourth-order valence-corrected chi connectivity index (χ4v) is 3.22. The van der Waals surface area contributed by atoms with Gasteiger partial charge in [0.05, 0.1) is 7.11 Å². The van der Waals surface area contributed by atoms with Gasteiger partial charge in [-0.1, -0.05) is 30.3 Å². The van der Waals surface area contributed by atoms with Crippen molar-refractivity contribution in [2.24, 2.45) is 0 Å². The van der Waals surface area contributed by atoms with Gasteiger partial charge in [-0.15, -0.1) is 0 Å². The molecule has 1 aliphatic rings. The van der Waals surface area contributed by atoms with Crippen LogP contribution in [0.1, 0.15) is 21.6 Å². The number of hydrogen-bond donors (Lipinski definition) is 1. The highest BCUT2D eigenvalue weighted by atomic mass is 16.5. The number of methoxy groups -OCH3 is 1. The number of hydrogen-bond acceptors (Lipinski definition) is 4. The van der Waals surface area contributed by atoms with E-state index in [0.29, 0.717) is 22.6 Å². The third kappa shape index (κ3) is 2.21. The fraction of sp³-hybridized carbons (Fsp3) is 0.100. The maximum Gasteiger partial charge on any atom is 0.280 e. The van der Waals surface area contributed by atoms with Gasteiger partial charge in [0.1, 0.15) is 11.4 Å². The molecule has 2 heterocycles. The number of amides is 1. The summed E-state index contributed by atoms with van der Waals surface area (Å²) in [5.41, 5.74) is 0.282. The zero-order valence-corrected chi connectivity index (χ0v) is 13.6. The molecule has 0 fully saturated rings. The van der Waals surface area contributed by atoms with Crippen LogP contribution in [0.25, 0.3) is 0 Å². The van der Waals surface area contributed by atoms with Crippen LogP contribution in [0, 0.1) is 0 Å². The lowest BCUT2D eigenvalue weighted by Crippen LogP contribution is -2.45. The highest BCUT2D eigenvalue weighted by Gasteiger charge is 2.51. The highest BCUT2D eigenvalue weighted by molar-refractivity contribution is 6.11. The average Bonchev–Trinajstić information content (AvgIpc) is 2.91. The summed E-state index contributed by atoms with van der Waals surface area (Å²) >= 11 is 0. The molecule has 1 amide bonds. The van der Waals surface area contributed by atoms with Gasteiger partial charge in [0.25, 0.3) is 5.91 Å². The Labute approximate surface area is 145 Å². The van der Waals surface area contributed by atoms with Crippen molar-refractivity contribution in [3.8, 4) is 5.75 Å². The second-order valence-corrected chi connectivity index (χ2v) is 5.78. The Bertz CT molecular complexity index is 925. The molecule has 1 aromatic heterocycles. The summed E-state index contributed by atoms with van der Waals surface area (Å²) in [6, 6.07) is 19.6. The van der Waals surface area contributed by atoms with E-state index in [4.69, 9.17) is 4.74 Å². The molecule has 4 rings (SSSR count). The van der Waals surface area contributed by atoms with E-state index < -0.39 is 5.72 Å². The van der Waals surface area contributed by atoms with Gasteiger partial charge < -0.3 is 9.84 Å². The van der Waals surface area contributed by atoms with Crippen LogP contribution in [-0.4, -0.2) is 23.1 Å². The second kappa shape index (κ2) is 5.72. The number of anilines is 1. The summed E-state index contributed by atoms with van der Waals surface area (Å²) in [6.45, 7) is 0. The van der Waals surface area contributed by atoms with Gasteiger partial charge in [0.2, 0.25) is 0 Å². The van der Waals surface area contributed by atoms with Crippen LogP contribution in [0.4, 0.5) is 5.69 Å². The van der Waals surface area contributed by atoms with Crippen LogP contribution in [0.2, 0.25) is 0 Å². The fourth-order valence-electron chi connectivity index (χ4n) is 3.22. The van der Waals surface area contributed by atoms with Crippen molar-refractivity contribution in [3.05, 3.63) is 89.7 Å². The Balaban J connectivity index is 1.94. The van der Waals surface area contributed by atoms with E-state index in [-0.39, 0.29) is 11.6 Å². The highest BCUT2D eigenvalue weighted by Crippen LogP contribution is 2.44. The predicted molar refractivity (Wildman–Crippen MR) is 93.5 cm³/mol. The molecule has 5 nitrogen and oxygen atoms in total. The summed E-state index contributed by atoms with van der Waals surface area (Å²) < 4.78 is 5.18. The summed E-state index contributed by atoms with van der Waals surface area (Å²) in [4.78, 5) is 18.6. The Hall–Kier alpha value is -3.18. The molecular formula is C20H16N2O3. The summed E-state index contributed by atoms with van der Waals surface area (Å²) in [5.74, 6) is 0.335. The third-order valence-electron chi connectivity index (χ3n) is 4.42. The number of nitrogens with zero attached hydrogens (tertiary/aromatic N) is 2. The number of rotatable bonds is 3. The number of benzene rings is 2. The van der Waals surface area contributed by atoms with Gasteiger partial charge in [-0.3, -0.25) is 14.7 Å². The van der Waals surface area contributed by atoms with Gasteiger partial charge >= 0.3 is 0 Å². The number of fused-ring (bicyclic) bond motifs is 1. The largest absolute Gasteiger partial charge is 0.497 e. The molecule has 0 saturated carbocycles. The minimum absolute atomic E-state index is 0.254. The molecule has 0 saturated heterocycles. The zero-order valence-electron chi connectivity index (χ0n) is 13.6. The van der Waals surface area contributed by atoms with Gasteiger partial charge in [-0.05, 0) is 36.4 Å². The van der Waals surface area contributed by atoms with Crippen molar-refractivity contribution in [1.82, 2.24) is 4.98 Å². The molecule has 124 valence electrons. The first-order chi connectivity index (χ1) is 12.2. The summed E-state index contributed by atoms with van der Waals surface area (Å²) in [7, 11) is 1.58. The molecule has 1 aliphatic heterocycles. The number of pyridine rings is 1. The van der Waals surface area contributed by atoms with Crippen LogP contribution in [0.3, 0.4) is 0 Å². The van der Waals surface area contributed by atoms with Crippen molar-refractivity contribution >= 4 is 11.6 Å². The van der Waals surface area contributed by atoms with E-state index in [1.807, 2.05) is 18.2 Å². The lowest BCUT2D eigenvalue weighted by Gasteiger charge is -2.34. The molecule has 5 heteroatoms. The number of ether oxygens (including phenoxy) is 1. The lowest BCUT2D eigenvalue weighted by atomic mass is 9.95. The van der Waals surface area contributed by atoms with Crippen LogP contribution >= 0.6 is 0 Å². The van der Waals surface area contributed by atoms with Crippen molar-refractivity contribution in [3.63, 3.8) is 0 Å². The molecule has 0 aliphatic carbocycles. The normalized spacial score (nSPS) is 19.0. The van der Waals surface area contributed by atoms with Crippen molar-refractivity contribution in [2.75, 3.05) is 12.0 Å². The first-order valence-corrected chi connectivity index (χ1v) is 7.88. The van der Waals surface area contributed by atoms with E-state index in [1.54, 1.807) is 61.8 Å². The predicted octanol–water partition coefficient (Wildman–Crippen LogP) is 2.94. The molecular weight excluding hydrogens is 316 g/mol. The Morgan fingerprint density at radius 3 is 2.40 bits per heavy atom. The smallest absolute Gasteiger partial charge is 0.280 e. The lowest BCUT2D eigenvalue weighted by molar-refractivity contribution is 0.0703. The first-order valence-electron chi connectivity index (χ1n) is 7.88. The monoisotopic (exact) mass is 332 g/mol. The quantitative estimate of drug-likeness (QED) is 0.801. The third-order valence-corrected chi connectivity index (χ3v) is 4.42. The molecule has 1 atom stereocenters. The minimum Gasteiger partial charge on any atom is -0.497 e. The number of carbonyl (C=O) groups is 1. The molecule has 0 radical (unpaired) electrons. The molecule has 3 aromatic rings. The van der Waals surface area contributed by atoms with E-state index in [2.05, 4.69) is 4.98 Å². The van der Waals surface area contributed by atoms with E-state index in [9.17, 15) is 9.90 Å².